The number of carbonyl (C=O) groups excluding carboxylic acids is 2. The standard InChI is InChI=1S/C23H22FNO3S/c1-15-13-19(16(2)25(15)18-9-5-4-6-10-18)23(27)17(3)28-22(26)14-29-21-12-8-7-11-20(21)24/h4-13,17H,14H2,1-3H3/t17-/m0/s1. The number of carbonyl (C=O) groups is 2. The van der Waals surface area contributed by atoms with Gasteiger partial charge in [-0.1, -0.05) is 30.3 Å². The number of Topliss-reactive ketones (excluding diaryl/α,β-unsaturated/α-hetero) is 1. The van der Waals surface area contributed by atoms with E-state index in [0.29, 0.717) is 10.5 Å². The predicted molar refractivity (Wildman–Crippen MR) is 112 cm³/mol. The number of para-hydroxylation sites is 1. The van der Waals surface area contributed by atoms with Crippen LogP contribution in [0.25, 0.3) is 5.69 Å². The molecule has 4 nitrogen and oxygen atoms in total. The SMILES string of the molecule is Cc1cc(C(=O)[C@H](C)OC(=O)CSc2ccccc2F)c(C)n1-c1ccccc1. The fourth-order valence-electron chi connectivity index (χ4n) is 3.19. The van der Waals surface area contributed by atoms with E-state index >= 15 is 0 Å². The van der Waals surface area contributed by atoms with Crippen molar-refractivity contribution in [3.8, 4) is 5.69 Å². The number of hydrogen-bond acceptors (Lipinski definition) is 4. The number of rotatable bonds is 7. The van der Waals surface area contributed by atoms with Crippen LogP contribution in [0.4, 0.5) is 4.39 Å². The van der Waals surface area contributed by atoms with Crippen molar-refractivity contribution in [1.29, 1.82) is 0 Å². The Morgan fingerprint density at radius 3 is 2.41 bits per heavy atom. The number of hydrogen-bond donors (Lipinski definition) is 0. The second kappa shape index (κ2) is 9.09. The summed E-state index contributed by atoms with van der Waals surface area (Å²) in [4.78, 5) is 25.4. The molecule has 1 atom stereocenters. The molecule has 0 bridgehead atoms. The summed E-state index contributed by atoms with van der Waals surface area (Å²) in [5.74, 6) is -1.27. The Bertz CT molecular complexity index is 1030. The molecule has 1 heterocycles. The van der Waals surface area contributed by atoms with E-state index < -0.39 is 12.1 Å². The summed E-state index contributed by atoms with van der Waals surface area (Å²) in [5, 5.41) is 0. The van der Waals surface area contributed by atoms with Gasteiger partial charge >= 0.3 is 5.97 Å². The van der Waals surface area contributed by atoms with Gasteiger partial charge in [0.05, 0.1) is 5.75 Å². The maximum atomic E-state index is 13.6. The molecule has 150 valence electrons. The molecule has 1 aromatic heterocycles. The van der Waals surface area contributed by atoms with E-state index in [1.807, 2.05) is 54.8 Å². The fourth-order valence-corrected chi connectivity index (χ4v) is 3.91. The topological polar surface area (TPSA) is 48.3 Å². The van der Waals surface area contributed by atoms with Crippen LogP contribution < -0.4 is 0 Å². The van der Waals surface area contributed by atoms with Crippen molar-refractivity contribution in [3.63, 3.8) is 0 Å². The summed E-state index contributed by atoms with van der Waals surface area (Å²) in [6.07, 6.45) is -0.923. The van der Waals surface area contributed by atoms with Gasteiger partial charge in [-0.05, 0) is 51.1 Å². The molecule has 3 aromatic rings. The zero-order valence-corrected chi connectivity index (χ0v) is 17.3. The number of esters is 1. The van der Waals surface area contributed by atoms with Gasteiger partial charge in [0, 0.05) is 27.5 Å². The normalized spacial score (nSPS) is 11.9. The minimum Gasteiger partial charge on any atom is -0.454 e. The second-order valence-corrected chi connectivity index (χ2v) is 7.69. The van der Waals surface area contributed by atoms with Gasteiger partial charge in [0.1, 0.15) is 5.82 Å². The maximum absolute atomic E-state index is 13.6. The Hall–Kier alpha value is -2.86. The molecule has 0 saturated carbocycles. The number of benzene rings is 2. The van der Waals surface area contributed by atoms with E-state index in [4.69, 9.17) is 4.74 Å². The van der Waals surface area contributed by atoms with Gasteiger partial charge < -0.3 is 9.30 Å². The molecule has 0 fully saturated rings. The molecule has 0 aliphatic rings. The van der Waals surface area contributed by atoms with Gasteiger partial charge in [0.25, 0.3) is 0 Å². The van der Waals surface area contributed by atoms with Crippen LogP contribution in [0.3, 0.4) is 0 Å². The number of aryl methyl sites for hydroxylation is 1. The fraction of sp³-hybridized carbons (Fsp3) is 0.217. The van der Waals surface area contributed by atoms with Gasteiger partial charge in [0.15, 0.2) is 6.10 Å². The van der Waals surface area contributed by atoms with E-state index in [1.165, 1.54) is 6.07 Å². The first-order valence-electron chi connectivity index (χ1n) is 9.24. The predicted octanol–water partition coefficient (Wildman–Crippen LogP) is 5.14. The van der Waals surface area contributed by atoms with E-state index in [1.54, 1.807) is 25.1 Å². The van der Waals surface area contributed by atoms with Crippen LogP contribution in [0.1, 0.15) is 28.7 Å². The van der Waals surface area contributed by atoms with Gasteiger partial charge in [-0.2, -0.15) is 0 Å². The third-order valence-electron chi connectivity index (χ3n) is 4.57. The second-order valence-electron chi connectivity index (χ2n) is 6.67. The van der Waals surface area contributed by atoms with Crippen molar-refractivity contribution in [3.05, 3.63) is 83.4 Å². The van der Waals surface area contributed by atoms with Crippen molar-refractivity contribution in [2.45, 2.75) is 31.8 Å². The third kappa shape index (κ3) is 4.77. The lowest BCUT2D eigenvalue weighted by Gasteiger charge is -2.13. The molecule has 6 heteroatoms. The largest absolute Gasteiger partial charge is 0.454 e. The van der Waals surface area contributed by atoms with E-state index in [9.17, 15) is 14.0 Å². The molecule has 0 N–H and O–H groups in total. The van der Waals surface area contributed by atoms with Crippen molar-refractivity contribution in [1.82, 2.24) is 4.57 Å². The lowest BCUT2D eigenvalue weighted by molar-refractivity contribution is -0.143. The summed E-state index contributed by atoms with van der Waals surface area (Å²) < 4.78 is 20.9. The minimum atomic E-state index is -0.923. The van der Waals surface area contributed by atoms with E-state index in [-0.39, 0.29) is 17.4 Å². The summed E-state index contributed by atoms with van der Waals surface area (Å²) in [6, 6.07) is 17.8. The number of aromatic nitrogens is 1. The van der Waals surface area contributed by atoms with Gasteiger partial charge in [-0.25, -0.2) is 4.39 Å². The van der Waals surface area contributed by atoms with E-state index in [2.05, 4.69) is 0 Å². The van der Waals surface area contributed by atoms with Gasteiger partial charge in [-0.3, -0.25) is 9.59 Å². The monoisotopic (exact) mass is 411 g/mol. The highest BCUT2D eigenvalue weighted by molar-refractivity contribution is 8.00. The number of nitrogens with zero attached hydrogens (tertiary/aromatic N) is 1. The number of halogens is 1. The van der Waals surface area contributed by atoms with E-state index in [0.717, 1.165) is 28.8 Å². The summed E-state index contributed by atoms with van der Waals surface area (Å²) >= 11 is 1.05. The average molecular weight is 411 g/mol. The van der Waals surface area contributed by atoms with Crippen LogP contribution in [-0.2, 0) is 9.53 Å². The lowest BCUT2D eigenvalue weighted by atomic mass is 10.1. The van der Waals surface area contributed by atoms with Crippen LogP contribution in [0.15, 0.2) is 65.6 Å². The molecule has 0 unspecified atom stereocenters. The van der Waals surface area contributed by atoms with Crippen LogP contribution in [0.2, 0.25) is 0 Å². The first-order valence-corrected chi connectivity index (χ1v) is 10.2. The first-order chi connectivity index (χ1) is 13.9. The molecule has 29 heavy (non-hydrogen) atoms. The molecule has 0 amide bonds. The number of ether oxygens (including phenoxy) is 1. The Labute approximate surface area is 173 Å². The van der Waals surface area contributed by atoms with Crippen LogP contribution >= 0.6 is 11.8 Å². The Morgan fingerprint density at radius 2 is 1.72 bits per heavy atom. The molecule has 0 aliphatic carbocycles. The molecule has 0 spiro atoms. The molecule has 0 aliphatic heterocycles. The number of thioether (sulfide) groups is 1. The smallest absolute Gasteiger partial charge is 0.316 e. The molecule has 3 rings (SSSR count). The minimum absolute atomic E-state index is 0.0679. The highest BCUT2D eigenvalue weighted by Crippen LogP contribution is 2.24. The van der Waals surface area contributed by atoms with Crippen LogP contribution in [0, 0.1) is 19.7 Å². The van der Waals surface area contributed by atoms with Crippen molar-refractivity contribution >= 4 is 23.5 Å². The van der Waals surface area contributed by atoms with Crippen molar-refractivity contribution in [2.24, 2.45) is 0 Å². The first kappa shape index (κ1) is 20.9. The molecule has 0 saturated heterocycles. The lowest BCUT2D eigenvalue weighted by Crippen LogP contribution is -2.25. The van der Waals surface area contributed by atoms with Crippen molar-refractivity contribution in [2.75, 3.05) is 5.75 Å². The zero-order valence-electron chi connectivity index (χ0n) is 16.5. The molecular formula is C23H22FNO3S. The van der Waals surface area contributed by atoms with Crippen LogP contribution in [0.5, 0.6) is 0 Å². The number of ketones is 1. The quantitative estimate of drug-likeness (QED) is 0.307. The highest BCUT2D eigenvalue weighted by Gasteiger charge is 2.24. The Kier molecular flexibility index (Phi) is 6.54. The van der Waals surface area contributed by atoms with Crippen LogP contribution in [-0.4, -0.2) is 28.2 Å². The van der Waals surface area contributed by atoms with Crippen molar-refractivity contribution < 1.29 is 18.7 Å². The summed E-state index contributed by atoms with van der Waals surface area (Å²) in [7, 11) is 0. The van der Waals surface area contributed by atoms with Gasteiger partial charge in [0.2, 0.25) is 5.78 Å². The van der Waals surface area contributed by atoms with Gasteiger partial charge in [-0.15, -0.1) is 11.8 Å². The zero-order chi connectivity index (χ0) is 21.0. The third-order valence-corrected chi connectivity index (χ3v) is 5.59. The maximum Gasteiger partial charge on any atom is 0.316 e. The Balaban J connectivity index is 1.67. The molecular weight excluding hydrogens is 389 g/mol. The highest BCUT2D eigenvalue weighted by atomic mass is 32.2. The Morgan fingerprint density at radius 1 is 1.07 bits per heavy atom. The molecule has 0 radical (unpaired) electrons. The average Bonchev–Trinajstić information content (AvgIpc) is 3.01. The summed E-state index contributed by atoms with van der Waals surface area (Å²) in [6.45, 7) is 5.36. The summed E-state index contributed by atoms with van der Waals surface area (Å²) in [5.41, 5.74) is 3.20. The molecule has 2 aromatic carbocycles.